The molecule has 0 bridgehead atoms. The minimum atomic E-state index is -4.45. The van der Waals surface area contributed by atoms with Gasteiger partial charge in [0.25, 0.3) is 0 Å². The minimum Gasteiger partial charge on any atom is -0.384 e. The lowest BCUT2D eigenvalue weighted by molar-refractivity contribution is -0.138. The summed E-state index contributed by atoms with van der Waals surface area (Å²) in [6.45, 7) is 2.28. The van der Waals surface area contributed by atoms with E-state index in [9.17, 15) is 23.4 Å². The first-order valence-corrected chi connectivity index (χ1v) is 8.01. The molecule has 2 aromatic rings. The molecule has 1 aliphatic rings. The van der Waals surface area contributed by atoms with E-state index in [-0.39, 0.29) is 12.1 Å². The van der Waals surface area contributed by atoms with Gasteiger partial charge in [0.05, 0.1) is 11.2 Å². The number of halogens is 3. The average Bonchev–Trinajstić information content (AvgIpc) is 2.53. The normalized spacial score (nSPS) is 19.9. The number of hydrogen-bond donors (Lipinski definition) is 2. The molecule has 0 aromatic heterocycles. The van der Waals surface area contributed by atoms with Gasteiger partial charge in [0, 0.05) is 19.6 Å². The number of hydrogen-bond acceptors (Lipinski definition) is 3. The number of benzene rings is 2. The van der Waals surface area contributed by atoms with Crippen LogP contribution in [0.5, 0.6) is 0 Å². The molecule has 0 aliphatic carbocycles. The molecule has 134 valence electrons. The first kappa shape index (κ1) is 17.9. The van der Waals surface area contributed by atoms with Crippen LogP contribution >= 0.6 is 0 Å². The van der Waals surface area contributed by atoms with Crippen molar-refractivity contribution in [2.45, 2.75) is 24.3 Å². The summed E-state index contributed by atoms with van der Waals surface area (Å²) in [4.78, 5) is 1.83. The Labute approximate surface area is 144 Å². The van der Waals surface area contributed by atoms with Gasteiger partial charge in [-0.25, -0.2) is 0 Å². The summed E-state index contributed by atoms with van der Waals surface area (Å²) >= 11 is 0. The highest BCUT2D eigenvalue weighted by Gasteiger charge is 2.45. The van der Waals surface area contributed by atoms with Crippen LogP contribution in [0.25, 0.3) is 0 Å². The second kappa shape index (κ2) is 6.12. The largest absolute Gasteiger partial charge is 0.416 e. The van der Waals surface area contributed by atoms with Gasteiger partial charge in [-0.2, -0.15) is 13.2 Å². The smallest absolute Gasteiger partial charge is 0.384 e. The number of β-amino-alcohol motifs (C(OH)–C–C–N with tert-alkyl or cyclic N) is 2. The van der Waals surface area contributed by atoms with Gasteiger partial charge in [0.2, 0.25) is 0 Å². The van der Waals surface area contributed by atoms with Crippen molar-refractivity contribution in [1.29, 1.82) is 0 Å². The number of nitrogens with zero attached hydrogens (tertiary/aromatic N) is 1. The Balaban J connectivity index is 1.70. The van der Waals surface area contributed by atoms with E-state index in [0.717, 1.165) is 17.7 Å². The third-order valence-corrected chi connectivity index (χ3v) is 4.62. The maximum absolute atomic E-state index is 12.9. The number of aliphatic hydroxyl groups is 2. The SMILES string of the molecule is CC(O)(CN1CC(O)(c2ccccc2)C1)c1cccc(C(F)(F)F)c1. The van der Waals surface area contributed by atoms with E-state index in [1.807, 2.05) is 35.2 Å². The van der Waals surface area contributed by atoms with E-state index in [0.29, 0.717) is 13.1 Å². The van der Waals surface area contributed by atoms with E-state index >= 15 is 0 Å². The van der Waals surface area contributed by atoms with Crippen LogP contribution in [-0.2, 0) is 17.4 Å². The molecule has 0 spiro atoms. The Hall–Kier alpha value is -1.89. The Morgan fingerprint density at radius 1 is 1.00 bits per heavy atom. The molecule has 25 heavy (non-hydrogen) atoms. The third kappa shape index (κ3) is 3.71. The summed E-state index contributed by atoms with van der Waals surface area (Å²) in [5.41, 5.74) is -2.21. The molecule has 1 saturated heterocycles. The summed E-state index contributed by atoms with van der Waals surface area (Å²) in [5, 5.41) is 21.3. The van der Waals surface area contributed by atoms with Crippen molar-refractivity contribution in [1.82, 2.24) is 4.90 Å². The van der Waals surface area contributed by atoms with Crippen LogP contribution in [-0.4, -0.2) is 34.7 Å². The fraction of sp³-hybridized carbons (Fsp3) is 0.368. The summed E-state index contributed by atoms with van der Waals surface area (Å²) in [5.74, 6) is 0. The molecule has 2 aromatic carbocycles. The summed E-state index contributed by atoms with van der Waals surface area (Å²) in [6.07, 6.45) is -4.45. The van der Waals surface area contributed by atoms with Crippen LogP contribution in [0.2, 0.25) is 0 Å². The molecule has 1 heterocycles. The Kier molecular flexibility index (Phi) is 4.39. The quantitative estimate of drug-likeness (QED) is 0.890. The van der Waals surface area contributed by atoms with E-state index < -0.39 is 22.9 Å². The fourth-order valence-corrected chi connectivity index (χ4v) is 3.29. The molecule has 1 aliphatic heterocycles. The maximum atomic E-state index is 12.9. The second-order valence-electron chi connectivity index (χ2n) is 6.90. The van der Waals surface area contributed by atoms with Crippen molar-refractivity contribution in [2.75, 3.05) is 19.6 Å². The lowest BCUT2D eigenvalue weighted by Gasteiger charge is -2.49. The van der Waals surface area contributed by atoms with Crippen LogP contribution in [0.3, 0.4) is 0 Å². The summed E-state index contributed by atoms with van der Waals surface area (Å²) in [7, 11) is 0. The van der Waals surface area contributed by atoms with Gasteiger partial charge in [-0.05, 0) is 30.2 Å². The van der Waals surface area contributed by atoms with Gasteiger partial charge in [0.1, 0.15) is 5.60 Å². The van der Waals surface area contributed by atoms with Crippen molar-refractivity contribution in [2.24, 2.45) is 0 Å². The van der Waals surface area contributed by atoms with Gasteiger partial charge >= 0.3 is 6.18 Å². The van der Waals surface area contributed by atoms with Gasteiger partial charge in [-0.3, -0.25) is 4.90 Å². The highest BCUT2D eigenvalue weighted by atomic mass is 19.4. The van der Waals surface area contributed by atoms with Crippen LogP contribution in [0.15, 0.2) is 54.6 Å². The third-order valence-electron chi connectivity index (χ3n) is 4.62. The molecular formula is C19H20F3NO2. The zero-order valence-corrected chi connectivity index (χ0v) is 13.8. The summed E-state index contributed by atoms with van der Waals surface area (Å²) in [6, 6.07) is 14.0. The minimum absolute atomic E-state index is 0.142. The maximum Gasteiger partial charge on any atom is 0.416 e. The molecule has 6 heteroatoms. The standard InChI is InChI=1S/C19H20F3NO2/c1-17(24,15-8-5-9-16(10-15)19(20,21)22)11-23-12-18(25,13-23)14-6-3-2-4-7-14/h2-10,24-25H,11-13H2,1H3. The fourth-order valence-electron chi connectivity index (χ4n) is 3.29. The molecule has 1 atom stereocenters. The van der Waals surface area contributed by atoms with Crippen molar-refractivity contribution in [3.63, 3.8) is 0 Å². The zero-order valence-electron chi connectivity index (χ0n) is 13.8. The van der Waals surface area contributed by atoms with Crippen molar-refractivity contribution in [3.05, 3.63) is 71.3 Å². The van der Waals surface area contributed by atoms with E-state index in [2.05, 4.69) is 0 Å². The lowest BCUT2D eigenvalue weighted by Crippen LogP contribution is -2.61. The number of likely N-dealkylation sites (tertiary alicyclic amines) is 1. The topological polar surface area (TPSA) is 43.7 Å². The average molecular weight is 351 g/mol. The van der Waals surface area contributed by atoms with Crippen molar-refractivity contribution in [3.8, 4) is 0 Å². The van der Waals surface area contributed by atoms with Gasteiger partial charge in [-0.15, -0.1) is 0 Å². The van der Waals surface area contributed by atoms with E-state index in [1.165, 1.54) is 19.1 Å². The predicted molar refractivity (Wildman–Crippen MR) is 87.8 cm³/mol. The Morgan fingerprint density at radius 2 is 1.60 bits per heavy atom. The molecule has 3 rings (SSSR count). The Morgan fingerprint density at radius 3 is 2.20 bits per heavy atom. The highest BCUT2D eigenvalue weighted by molar-refractivity contribution is 5.31. The van der Waals surface area contributed by atoms with Gasteiger partial charge in [0.15, 0.2) is 0 Å². The first-order valence-electron chi connectivity index (χ1n) is 8.01. The lowest BCUT2D eigenvalue weighted by atomic mass is 9.84. The van der Waals surface area contributed by atoms with E-state index in [4.69, 9.17) is 0 Å². The number of alkyl halides is 3. The van der Waals surface area contributed by atoms with Crippen LogP contribution in [0.1, 0.15) is 23.6 Å². The van der Waals surface area contributed by atoms with E-state index in [1.54, 1.807) is 0 Å². The first-order chi connectivity index (χ1) is 11.6. The van der Waals surface area contributed by atoms with Gasteiger partial charge < -0.3 is 10.2 Å². The number of rotatable bonds is 4. The van der Waals surface area contributed by atoms with Crippen molar-refractivity contribution >= 4 is 0 Å². The molecular weight excluding hydrogens is 331 g/mol. The molecule has 0 saturated carbocycles. The van der Waals surface area contributed by atoms with Crippen LogP contribution in [0, 0.1) is 0 Å². The highest BCUT2D eigenvalue weighted by Crippen LogP contribution is 2.36. The van der Waals surface area contributed by atoms with Gasteiger partial charge in [-0.1, -0.05) is 42.5 Å². The van der Waals surface area contributed by atoms with Crippen LogP contribution in [0.4, 0.5) is 13.2 Å². The molecule has 0 amide bonds. The molecule has 0 radical (unpaired) electrons. The predicted octanol–water partition coefficient (Wildman–Crippen LogP) is 3.12. The van der Waals surface area contributed by atoms with Crippen molar-refractivity contribution < 1.29 is 23.4 Å². The molecule has 2 N–H and O–H groups in total. The van der Waals surface area contributed by atoms with Crippen LogP contribution < -0.4 is 0 Å². The Bertz CT molecular complexity index is 738. The second-order valence-corrected chi connectivity index (χ2v) is 6.90. The molecule has 3 nitrogen and oxygen atoms in total. The molecule has 1 unspecified atom stereocenters. The monoisotopic (exact) mass is 351 g/mol. The molecule has 1 fully saturated rings. The zero-order chi connectivity index (χ0) is 18.3. The summed E-state index contributed by atoms with van der Waals surface area (Å²) < 4.78 is 38.6.